The quantitative estimate of drug-likeness (QED) is 0.873. The van der Waals surface area contributed by atoms with Crippen molar-refractivity contribution in [2.75, 3.05) is 13.1 Å². The molecule has 1 aromatic heterocycles. The van der Waals surface area contributed by atoms with Crippen molar-refractivity contribution in [1.29, 1.82) is 0 Å². The van der Waals surface area contributed by atoms with Crippen LogP contribution in [0.1, 0.15) is 61.6 Å². The molecule has 0 atom stereocenters. The number of likely N-dealkylation sites (tertiary alicyclic amines) is 1. The highest BCUT2D eigenvalue weighted by Gasteiger charge is 2.31. The fourth-order valence-electron chi connectivity index (χ4n) is 2.59. The molecule has 1 saturated heterocycles. The summed E-state index contributed by atoms with van der Waals surface area (Å²) in [6.45, 7) is 4.91. The van der Waals surface area contributed by atoms with E-state index >= 15 is 0 Å². The molecule has 0 unspecified atom stereocenters. The van der Waals surface area contributed by atoms with E-state index < -0.39 is 10.0 Å². The number of carbonyl (C=O) groups is 1. The Hall–Kier alpha value is -1.41. The maximum atomic E-state index is 12.6. The predicted molar refractivity (Wildman–Crippen MR) is 78.4 cm³/mol. The van der Waals surface area contributed by atoms with Crippen molar-refractivity contribution in [2.45, 2.75) is 50.3 Å². The number of rotatable bonds is 3. The SMILES string of the molecule is CC(C)c1[nH]nc(C(=O)N2CCCCCC2)c1S(N)(=O)=O. The van der Waals surface area contributed by atoms with Crippen LogP contribution in [0.15, 0.2) is 4.90 Å². The van der Waals surface area contributed by atoms with Gasteiger partial charge in [0, 0.05) is 13.1 Å². The van der Waals surface area contributed by atoms with Crippen molar-refractivity contribution in [3.05, 3.63) is 11.4 Å². The summed E-state index contributed by atoms with van der Waals surface area (Å²) in [5.41, 5.74) is 0.304. The number of sulfonamides is 1. The molecule has 1 aliphatic rings. The Bertz CT molecular complexity index is 613. The maximum absolute atomic E-state index is 12.6. The van der Waals surface area contributed by atoms with Crippen LogP contribution in [-0.2, 0) is 10.0 Å². The first-order valence-electron chi connectivity index (χ1n) is 7.22. The number of carbonyl (C=O) groups excluding carboxylic acids is 1. The lowest BCUT2D eigenvalue weighted by Crippen LogP contribution is -2.33. The topological polar surface area (TPSA) is 109 Å². The molecule has 0 saturated carbocycles. The summed E-state index contributed by atoms with van der Waals surface area (Å²) in [7, 11) is -4.00. The van der Waals surface area contributed by atoms with Crippen LogP contribution in [0.3, 0.4) is 0 Å². The molecule has 1 fully saturated rings. The van der Waals surface area contributed by atoms with Crippen molar-refractivity contribution in [3.8, 4) is 0 Å². The number of nitrogens with two attached hydrogens (primary N) is 1. The summed E-state index contributed by atoms with van der Waals surface area (Å²) in [6, 6.07) is 0. The molecule has 2 rings (SSSR count). The van der Waals surface area contributed by atoms with Crippen LogP contribution in [0.2, 0.25) is 0 Å². The first kappa shape index (κ1) is 16.0. The fourth-order valence-corrected chi connectivity index (χ4v) is 3.58. The van der Waals surface area contributed by atoms with Crippen LogP contribution in [0.4, 0.5) is 0 Å². The Balaban J connectivity index is 2.41. The third-order valence-corrected chi connectivity index (χ3v) is 4.69. The van der Waals surface area contributed by atoms with Gasteiger partial charge in [-0.15, -0.1) is 0 Å². The molecule has 7 nitrogen and oxygen atoms in total. The van der Waals surface area contributed by atoms with Crippen LogP contribution in [0.25, 0.3) is 0 Å². The molecule has 0 spiro atoms. The molecule has 3 N–H and O–H groups in total. The van der Waals surface area contributed by atoms with Gasteiger partial charge in [0.05, 0.1) is 5.69 Å². The van der Waals surface area contributed by atoms with E-state index in [1.807, 2.05) is 13.8 Å². The van der Waals surface area contributed by atoms with E-state index in [1.54, 1.807) is 4.90 Å². The Kier molecular flexibility index (Phi) is 4.67. The van der Waals surface area contributed by atoms with Gasteiger partial charge in [0.2, 0.25) is 10.0 Å². The smallest absolute Gasteiger partial charge is 0.275 e. The van der Waals surface area contributed by atoms with Gasteiger partial charge in [0.25, 0.3) is 5.91 Å². The number of nitrogens with zero attached hydrogens (tertiary/aromatic N) is 2. The Morgan fingerprint density at radius 3 is 2.29 bits per heavy atom. The van der Waals surface area contributed by atoms with Crippen molar-refractivity contribution < 1.29 is 13.2 Å². The Morgan fingerprint density at radius 2 is 1.81 bits per heavy atom. The molecule has 1 aliphatic heterocycles. The number of aromatic nitrogens is 2. The normalized spacial score (nSPS) is 17.0. The van der Waals surface area contributed by atoms with E-state index in [0.717, 1.165) is 25.7 Å². The largest absolute Gasteiger partial charge is 0.337 e. The van der Waals surface area contributed by atoms with Gasteiger partial charge in [-0.05, 0) is 18.8 Å². The highest BCUT2D eigenvalue weighted by molar-refractivity contribution is 7.89. The second kappa shape index (κ2) is 6.15. The summed E-state index contributed by atoms with van der Waals surface area (Å²) in [5.74, 6) is -0.472. The minimum Gasteiger partial charge on any atom is -0.337 e. The molecule has 118 valence electrons. The van der Waals surface area contributed by atoms with Crippen molar-refractivity contribution >= 4 is 15.9 Å². The zero-order valence-electron chi connectivity index (χ0n) is 12.4. The van der Waals surface area contributed by atoms with E-state index in [4.69, 9.17) is 5.14 Å². The summed E-state index contributed by atoms with van der Waals surface area (Å²) in [6.07, 6.45) is 4.03. The fraction of sp³-hybridized carbons (Fsp3) is 0.692. The van der Waals surface area contributed by atoms with E-state index in [9.17, 15) is 13.2 Å². The van der Waals surface area contributed by atoms with E-state index in [-0.39, 0.29) is 22.4 Å². The first-order valence-corrected chi connectivity index (χ1v) is 8.77. The van der Waals surface area contributed by atoms with Crippen molar-refractivity contribution in [2.24, 2.45) is 5.14 Å². The van der Waals surface area contributed by atoms with E-state index in [0.29, 0.717) is 18.8 Å². The number of hydrogen-bond acceptors (Lipinski definition) is 4. The molecule has 0 aliphatic carbocycles. The maximum Gasteiger partial charge on any atom is 0.275 e. The zero-order valence-corrected chi connectivity index (χ0v) is 13.2. The van der Waals surface area contributed by atoms with Gasteiger partial charge in [-0.2, -0.15) is 5.10 Å². The molecular formula is C13H22N4O3S. The lowest BCUT2D eigenvalue weighted by molar-refractivity contribution is 0.0752. The summed E-state index contributed by atoms with van der Waals surface area (Å²) in [5, 5.41) is 11.9. The van der Waals surface area contributed by atoms with Gasteiger partial charge in [-0.25, -0.2) is 13.6 Å². The number of hydrogen-bond donors (Lipinski definition) is 2. The summed E-state index contributed by atoms with van der Waals surface area (Å²) >= 11 is 0. The van der Waals surface area contributed by atoms with Crippen LogP contribution in [0, 0.1) is 0 Å². The van der Waals surface area contributed by atoms with Gasteiger partial charge in [0.1, 0.15) is 4.90 Å². The molecule has 0 bridgehead atoms. The third kappa shape index (κ3) is 3.44. The third-order valence-electron chi connectivity index (χ3n) is 3.71. The van der Waals surface area contributed by atoms with Crippen LogP contribution < -0.4 is 5.14 Å². The number of nitrogens with one attached hydrogen (secondary N) is 1. The number of aromatic amines is 1. The van der Waals surface area contributed by atoms with Gasteiger partial charge < -0.3 is 4.90 Å². The molecule has 0 radical (unpaired) electrons. The second-order valence-electron chi connectivity index (χ2n) is 5.72. The average molecular weight is 314 g/mol. The summed E-state index contributed by atoms with van der Waals surface area (Å²) < 4.78 is 23.7. The standard InChI is InChI=1S/C13H22N4O3S/c1-9(2)10-12(21(14,19)20)11(16-15-10)13(18)17-7-5-3-4-6-8-17/h9H,3-8H2,1-2H3,(H,15,16)(H2,14,19,20). The van der Waals surface area contributed by atoms with Crippen LogP contribution in [-0.4, -0.2) is 42.5 Å². The van der Waals surface area contributed by atoms with Crippen molar-refractivity contribution in [1.82, 2.24) is 15.1 Å². The monoisotopic (exact) mass is 314 g/mol. The van der Waals surface area contributed by atoms with Crippen LogP contribution >= 0.6 is 0 Å². The highest BCUT2D eigenvalue weighted by Crippen LogP contribution is 2.25. The lowest BCUT2D eigenvalue weighted by Gasteiger charge is -2.19. The van der Waals surface area contributed by atoms with E-state index in [2.05, 4.69) is 10.2 Å². The predicted octanol–water partition coefficient (Wildman–Crippen LogP) is 1.20. The van der Waals surface area contributed by atoms with Gasteiger partial charge >= 0.3 is 0 Å². The zero-order chi connectivity index (χ0) is 15.6. The molecular weight excluding hydrogens is 292 g/mol. The lowest BCUT2D eigenvalue weighted by atomic mass is 10.1. The van der Waals surface area contributed by atoms with E-state index in [1.165, 1.54) is 0 Å². The molecule has 1 aromatic rings. The van der Waals surface area contributed by atoms with Gasteiger partial charge in [0.15, 0.2) is 5.69 Å². The molecule has 8 heteroatoms. The second-order valence-corrected chi connectivity index (χ2v) is 7.22. The molecule has 1 amide bonds. The minimum atomic E-state index is -4.00. The molecule has 21 heavy (non-hydrogen) atoms. The minimum absolute atomic E-state index is 0.0805. The molecule has 0 aromatic carbocycles. The average Bonchev–Trinajstić information content (AvgIpc) is 2.67. The highest BCUT2D eigenvalue weighted by atomic mass is 32.2. The van der Waals surface area contributed by atoms with Gasteiger partial charge in [-0.3, -0.25) is 9.89 Å². The number of primary sulfonamides is 1. The first-order chi connectivity index (χ1) is 9.82. The number of amides is 1. The Labute approximate surface area is 124 Å². The Morgan fingerprint density at radius 1 is 1.24 bits per heavy atom. The van der Waals surface area contributed by atoms with Crippen molar-refractivity contribution in [3.63, 3.8) is 0 Å². The summed E-state index contributed by atoms with van der Waals surface area (Å²) in [4.78, 5) is 14.1. The number of H-pyrrole nitrogens is 1. The van der Waals surface area contributed by atoms with Gasteiger partial charge in [-0.1, -0.05) is 26.7 Å². The van der Waals surface area contributed by atoms with Crippen LogP contribution in [0.5, 0.6) is 0 Å². The molecule has 2 heterocycles.